The van der Waals surface area contributed by atoms with Crippen LogP contribution < -0.4 is 4.74 Å². The number of methoxy groups -OCH3 is 1. The summed E-state index contributed by atoms with van der Waals surface area (Å²) in [5, 5.41) is 9.82. The van der Waals surface area contributed by atoms with Crippen LogP contribution in [0.4, 0.5) is 0 Å². The van der Waals surface area contributed by atoms with Crippen LogP contribution in [-0.4, -0.2) is 12.2 Å². The summed E-state index contributed by atoms with van der Waals surface area (Å²) in [4.78, 5) is 0. The van der Waals surface area contributed by atoms with Crippen molar-refractivity contribution in [2.24, 2.45) is 0 Å². The zero-order chi connectivity index (χ0) is 10.4. The van der Waals surface area contributed by atoms with E-state index in [2.05, 4.69) is 6.92 Å². The Kier molecular flexibility index (Phi) is 4.47. The van der Waals surface area contributed by atoms with Crippen LogP contribution in [0.3, 0.4) is 0 Å². The summed E-state index contributed by atoms with van der Waals surface area (Å²) < 4.78 is 5.10. The normalized spacial score (nSPS) is 12.5. The van der Waals surface area contributed by atoms with Gasteiger partial charge in [-0.3, -0.25) is 0 Å². The van der Waals surface area contributed by atoms with Crippen molar-refractivity contribution < 1.29 is 9.84 Å². The van der Waals surface area contributed by atoms with Crippen molar-refractivity contribution in [1.82, 2.24) is 0 Å². The highest BCUT2D eigenvalue weighted by atomic mass is 16.5. The molecule has 0 radical (unpaired) electrons. The second kappa shape index (κ2) is 5.66. The molecule has 1 rings (SSSR count). The molecule has 0 aromatic heterocycles. The van der Waals surface area contributed by atoms with E-state index in [1.54, 1.807) is 7.11 Å². The summed E-state index contributed by atoms with van der Waals surface area (Å²) >= 11 is 0. The SMILES string of the molecule is CCCC[C@H](O)c1cccc(OC)c1. The molecule has 1 atom stereocenters. The maximum atomic E-state index is 9.82. The van der Waals surface area contributed by atoms with Crippen LogP contribution in [0.25, 0.3) is 0 Å². The fourth-order valence-electron chi connectivity index (χ4n) is 1.41. The molecule has 0 amide bonds. The summed E-state index contributed by atoms with van der Waals surface area (Å²) in [6, 6.07) is 7.61. The molecule has 0 heterocycles. The van der Waals surface area contributed by atoms with Crippen LogP contribution in [0.5, 0.6) is 5.75 Å². The highest BCUT2D eigenvalue weighted by Gasteiger charge is 2.06. The first kappa shape index (κ1) is 11.1. The number of hydrogen-bond donors (Lipinski definition) is 1. The Labute approximate surface area is 85.5 Å². The van der Waals surface area contributed by atoms with E-state index in [0.29, 0.717) is 0 Å². The summed E-state index contributed by atoms with van der Waals surface area (Å²) in [5.74, 6) is 0.804. The molecule has 0 fully saturated rings. The lowest BCUT2D eigenvalue weighted by molar-refractivity contribution is 0.164. The zero-order valence-corrected chi connectivity index (χ0v) is 8.86. The molecule has 0 saturated heterocycles. The van der Waals surface area contributed by atoms with E-state index in [0.717, 1.165) is 30.6 Å². The van der Waals surface area contributed by atoms with Crippen LogP contribution >= 0.6 is 0 Å². The second-order valence-corrected chi connectivity index (χ2v) is 3.43. The van der Waals surface area contributed by atoms with E-state index in [-0.39, 0.29) is 6.10 Å². The molecule has 1 aromatic rings. The van der Waals surface area contributed by atoms with Crippen molar-refractivity contribution in [2.45, 2.75) is 32.3 Å². The third kappa shape index (κ3) is 3.04. The average Bonchev–Trinajstić information content (AvgIpc) is 2.26. The highest BCUT2D eigenvalue weighted by Crippen LogP contribution is 2.22. The molecule has 1 N–H and O–H groups in total. The minimum Gasteiger partial charge on any atom is -0.497 e. The van der Waals surface area contributed by atoms with Gasteiger partial charge in [-0.1, -0.05) is 31.9 Å². The lowest BCUT2D eigenvalue weighted by Crippen LogP contribution is -1.97. The van der Waals surface area contributed by atoms with Gasteiger partial charge in [-0.05, 0) is 24.1 Å². The summed E-state index contributed by atoms with van der Waals surface area (Å²) in [6.07, 6.45) is 2.63. The van der Waals surface area contributed by atoms with Gasteiger partial charge in [-0.2, -0.15) is 0 Å². The molecule has 2 heteroatoms. The van der Waals surface area contributed by atoms with Crippen LogP contribution in [0, 0.1) is 0 Å². The monoisotopic (exact) mass is 194 g/mol. The zero-order valence-electron chi connectivity index (χ0n) is 8.86. The van der Waals surface area contributed by atoms with Crippen LogP contribution in [0.1, 0.15) is 37.9 Å². The minimum atomic E-state index is -0.356. The molecular weight excluding hydrogens is 176 g/mol. The van der Waals surface area contributed by atoms with Crippen LogP contribution in [0.15, 0.2) is 24.3 Å². The van der Waals surface area contributed by atoms with Crippen molar-refractivity contribution in [3.63, 3.8) is 0 Å². The smallest absolute Gasteiger partial charge is 0.119 e. The van der Waals surface area contributed by atoms with E-state index in [1.807, 2.05) is 24.3 Å². The van der Waals surface area contributed by atoms with Gasteiger partial charge in [0.05, 0.1) is 13.2 Å². The van der Waals surface area contributed by atoms with Gasteiger partial charge >= 0.3 is 0 Å². The number of unbranched alkanes of at least 4 members (excludes halogenated alkanes) is 1. The number of hydrogen-bond acceptors (Lipinski definition) is 2. The molecule has 0 spiro atoms. The number of aliphatic hydroxyl groups is 1. The molecule has 14 heavy (non-hydrogen) atoms. The van der Waals surface area contributed by atoms with E-state index in [4.69, 9.17) is 4.74 Å². The molecule has 0 aliphatic rings. The van der Waals surface area contributed by atoms with Gasteiger partial charge in [0.2, 0.25) is 0 Å². The van der Waals surface area contributed by atoms with E-state index >= 15 is 0 Å². The topological polar surface area (TPSA) is 29.5 Å². The van der Waals surface area contributed by atoms with Crippen molar-refractivity contribution in [3.8, 4) is 5.75 Å². The summed E-state index contributed by atoms with van der Waals surface area (Å²) in [7, 11) is 1.64. The van der Waals surface area contributed by atoms with Gasteiger partial charge in [0.15, 0.2) is 0 Å². The molecule has 1 aromatic carbocycles. The lowest BCUT2D eigenvalue weighted by atomic mass is 10.0. The predicted molar refractivity (Wildman–Crippen MR) is 57.5 cm³/mol. The number of ether oxygens (including phenoxy) is 1. The Balaban J connectivity index is 2.64. The lowest BCUT2D eigenvalue weighted by Gasteiger charge is -2.11. The van der Waals surface area contributed by atoms with E-state index in [1.165, 1.54) is 0 Å². The second-order valence-electron chi connectivity index (χ2n) is 3.43. The Morgan fingerprint density at radius 1 is 1.43 bits per heavy atom. The molecule has 0 saturated carbocycles. The van der Waals surface area contributed by atoms with Gasteiger partial charge in [0.1, 0.15) is 5.75 Å². The van der Waals surface area contributed by atoms with Gasteiger partial charge in [-0.25, -0.2) is 0 Å². The van der Waals surface area contributed by atoms with Crippen molar-refractivity contribution in [3.05, 3.63) is 29.8 Å². The van der Waals surface area contributed by atoms with Crippen LogP contribution in [-0.2, 0) is 0 Å². The third-order valence-corrected chi connectivity index (χ3v) is 2.31. The quantitative estimate of drug-likeness (QED) is 0.781. The van der Waals surface area contributed by atoms with Gasteiger partial charge in [0, 0.05) is 0 Å². The summed E-state index contributed by atoms with van der Waals surface area (Å²) in [6.45, 7) is 2.12. The Morgan fingerprint density at radius 3 is 2.86 bits per heavy atom. The highest BCUT2D eigenvalue weighted by molar-refractivity contribution is 5.29. The Hall–Kier alpha value is -1.02. The molecule has 78 valence electrons. The number of benzene rings is 1. The molecule has 2 nitrogen and oxygen atoms in total. The van der Waals surface area contributed by atoms with Gasteiger partial charge in [0.25, 0.3) is 0 Å². The first-order chi connectivity index (χ1) is 6.77. The van der Waals surface area contributed by atoms with Crippen molar-refractivity contribution in [1.29, 1.82) is 0 Å². The third-order valence-electron chi connectivity index (χ3n) is 2.31. The maximum absolute atomic E-state index is 9.82. The number of aliphatic hydroxyl groups excluding tert-OH is 1. The molecule has 0 aliphatic carbocycles. The van der Waals surface area contributed by atoms with E-state index < -0.39 is 0 Å². The van der Waals surface area contributed by atoms with Crippen molar-refractivity contribution >= 4 is 0 Å². The first-order valence-electron chi connectivity index (χ1n) is 5.10. The molecule has 0 aliphatic heterocycles. The fraction of sp³-hybridized carbons (Fsp3) is 0.500. The maximum Gasteiger partial charge on any atom is 0.119 e. The Morgan fingerprint density at radius 2 is 2.21 bits per heavy atom. The first-order valence-corrected chi connectivity index (χ1v) is 5.10. The van der Waals surface area contributed by atoms with Crippen molar-refractivity contribution in [2.75, 3.05) is 7.11 Å². The molecule has 0 unspecified atom stereocenters. The number of rotatable bonds is 5. The van der Waals surface area contributed by atoms with Crippen LogP contribution in [0.2, 0.25) is 0 Å². The largest absolute Gasteiger partial charge is 0.497 e. The molecule has 0 bridgehead atoms. The fourth-order valence-corrected chi connectivity index (χ4v) is 1.41. The molecular formula is C12H18O2. The van der Waals surface area contributed by atoms with Gasteiger partial charge in [-0.15, -0.1) is 0 Å². The standard InChI is InChI=1S/C12H18O2/c1-3-4-8-12(13)10-6-5-7-11(9-10)14-2/h5-7,9,12-13H,3-4,8H2,1-2H3/t12-/m0/s1. The summed E-state index contributed by atoms with van der Waals surface area (Å²) in [5.41, 5.74) is 0.942. The average molecular weight is 194 g/mol. The van der Waals surface area contributed by atoms with E-state index in [9.17, 15) is 5.11 Å². The predicted octanol–water partition coefficient (Wildman–Crippen LogP) is 2.92. The minimum absolute atomic E-state index is 0.356. The Bertz CT molecular complexity index is 271. The van der Waals surface area contributed by atoms with Gasteiger partial charge < -0.3 is 9.84 Å².